The van der Waals surface area contributed by atoms with E-state index in [1.165, 1.54) is 0 Å². The van der Waals surface area contributed by atoms with Crippen LogP contribution in [0.4, 0.5) is 5.69 Å². The molecule has 0 radical (unpaired) electrons. The third-order valence-electron chi connectivity index (χ3n) is 6.03. The summed E-state index contributed by atoms with van der Waals surface area (Å²) in [4.78, 5) is 13.7. The Morgan fingerprint density at radius 1 is 1.00 bits per heavy atom. The lowest BCUT2D eigenvalue weighted by Gasteiger charge is -2.38. The van der Waals surface area contributed by atoms with E-state index >= 15 is 0 Å². The van der Waals surface area contributed by atoms with E-state index < -0.39 is 0 Å². The van der Waals surface area contributed by atoms with Crippen molar-refractivity contribution in [1.29, 1.82) is 0 Å². The monoisotopic (exact) mass is 394 g/mol. The molecule has 1 N–H and O–H groups in total. The van der Waals surface area contributed by atoms with Crippen LogP contribution in [0.1, 0.15) is 0 Å². The first-order chi connectivity index (χ1) is 14.0. The minimum Gasteiger partial charge on any atom is -0.497 e. The Morgan fingerprint density at radius 3 is 2.28 bits per heavy atom. The van der Waals surface area contributed by atoms with Gasteiger partial charge in [0, 0.05) is 44.0 Å². The number of hydrogen-bond acceptors (Lipinski definition) is 4. The highest BCUT2D eigenvalue weighted by molar-refractivity contribution is 5.95. The first kappa shape index (κ1) is 19.5. The number of piperazine rings is 1. The van der Waals surface area contributed by atoms with Gasteiger partial charge in [-0.05, 0) is 17.7 Å². The van der Waals surface area contributed by atoms with Gasteiger partial charge in [-0.15, -0.1) is 0 Å². The highest BCUT2D eigenvalue weighted by Gasteiger charge is 2.32. The number of fused-ring (bicyclic) bond motifs is 1. The molecule has 0 aliphatic carbocycles. The van der Waals surface area contributed by atoms with Gasteiger partial charge in [0.25, 0.3) is 0 Å². The fraction of sp³-hybridized carbons (Fsp3) is 0.348. The lowest BCUT2D eigenvalue weighted by molar-refractivity contribution is 0.289. The lowest BCUT2D eigenvalue weighted by atomic mass is 10.0. The molecular formula is C23H28N3O3+. The summed E-state index contributed by atoms with van der Waals surface area (Å²) in [5.41, 5.74) is 3.55. The molecular weight excluding hydrogens is 366 g/mol. The quantitative estimate of drug-likeness (QED) is 0.692. The highest BCUT2D eigenvalue weighted by Crippen LogP contribution is 2.35. The lowest BCUT2D eigenvalue weighted by Crippen LogP contribution is -2.57. The van der Waals surface area contributed by atoms with Crippen molar-refractivity contribution in [2.45, 2.75) is 0 Å². The van der Waals surface area contributed by atoms with E-state index in [1.807, 2.05) is 54.2 Å². The van der Waals surface area contributed by atoms with Crippen LogP contribution in [0.2, 0.25) is 0 Å². The Hall–Kier alpha value is -2.83. The van der Waals surface area contributed by atoms with Crippen LogP contribution in [0.5, 0.6) is 11.5 Å². The molecule has 1 aromatic heterocycles. The Balaban J connectivity index is 2.01. The number of nitrogens with one attached hydrogen (secondary N) is 1. The molecule has 6 heteroatoms. The Morgan fingerprint density at radius 2 is 1.66 bits per heavy atom. The predicted molar refractivity (Wildman–Crippen MR) is 118 cm³/mol. The maximum Gasteiger partial charge on any atom is 0.203 e. The molecule has 2 heterocycles. The van der Waals surface area contributed by atoms with Crippen molar-refractivity contribution in [2.75, 3.05) is 47.4 Å². The number of pyridine rings is 1. The molecule has 0 amide bonds. The van der Waals surface area contributed by atoms with E-state index in [0.717, 1.165) is 59.8 Å². The summed E-state index contributed by atoms with van der Waals surface area (Å²) in [7, 11) is 7.50. The summed E-state index contributed by atoms with van der Waals surface area (Å²) in [5.74, 6) is 1.55. The molecule has 1 aliphatic heterocycles. The summed E-state index contributed by atoms with van der Waals surface area (Å²) in [6, 6.07) is 11.6. The second kappa shape index (κ2) is 7.54. The summed E-state index contributed by atoms with van der Waals surface area (Å²) in [6.07, 6.45) is 1.91. The van der Waals surface area contributed by atoms with Gasteiger partial charge in [0.15, 0.2) is 0 Å². The number of methoxy groups -OCH3 is 2. The number of hydrogen-bond donors (Lipinski definition) is 1. The Bertz CT molecular complexity index is 1100. The van der Waals surface area contributed by atoms with Crippen LogP contribution in [0.15, 0.2) is 47.4 Å². The standard InChI is InChI=1S/C23H28N3O3/c1-25-15-19(16-5-7-17(28-3)8-6-16)23(27)22-20(25)13-18(29-4)14-21(22)26(2)11-9-24-10-12-26/h5-8,13-15,24H,9-12H2,1-4H3/q+1. The zero-order chi connectivity index (χ0) is 20.6. The minimum atomic E-state index is 0.0544. The summed E-state index contributed by atoms with van der Waals surface area (Å²) in [6.45, 7) is 3.71. The van der Waals surface area contributed by atoms with Gasteiger partial charge < -0.3 is 19.4 Å². The third kappa shape index (κ3) is 3.39. The van der Waals surface area contributed by atoms with Gasteiger partial charge in [-0.25, -0.2) is 0 Å². The van der Waals surface area contributed by atoms with E-state index in [9.17, 15) is 4.79 Å². The van der Waals surface area contributed by atoms with Crippen molar-refractivity contribution >= 4 is 16.6 Å². The second-order valence-corrected chi connectivity index (χ2v) is 7.85. The predicted octanol–water partition coefficient (Wildman–Crippen LogP) is 2.76. The number of benzene rings is 2. The van der Waals surface area contributed by atoms with E-state index in [1.54, 1.807) is 14.2 Å². The smallest absolute Gasteiger partial charge is 0.203 e. The summed E-state index contributed by atoms with van der Waals surface area (Å²) >= 11 is 0. The molecule has 0 spiro atoms. The molecule has 6 nitrogen and oxygen atoms in total. The second-order valence-electron chi connectivity index (χ2n) is 7.85. The molecule has 152 valence electrons. The van der Waals surface area contributed by atoms with E-state index in [-0.39, 0.29) is 5.43 Å². The first-order valence-corrected chi connectivity index (χ1v) is 9.88. The zero-order valence-electron chi connectivity index (χ0n) is 17.5. The van der Waals surface area contributed by atoms with Gasteiger partial charge in [0.05, 0.1) is 39.9 Å². The van der Waals surface area contributed by atoms with Crippen molar-refractivity contribution in [3.8, 4) is 22.6 Å². The largest absolute Gasteiger partial charge is 0.497 e. The van der Waals surface area contributed by atoms with Gasteiger partial charge >= 0.3 is 0 Å². The zero-order valence-corrected chi connectivity index (χ0v) is 17.5. The fourth-order valence-electron chi connectivity index (χ4n) is 4.20. The molecule has 0 unspecified atom stereocenters. The topological polar surface area (TPSA) is 52.5 Å². The molecule has 29 heavy (non-hydrogen) atoms. The fourth-order valence-corrected chi connectivity index (χ4v) is 4.20. The van der Waals surface area contributed by atoms with Gasteiger partial charge in [-0.1, -0.05) is 12.1 Å². The van der Waals surface area contributed by atoms with Crippen LogP contribution in [-0.4, -0.2) is 52.0 Å². The maximum atomic E-state index is 13.7. The summed E-state index contributed by atoms with van der Waals surface area (Å²) in [5, 5.41) is 4.19. The number of aromatic nitrogens is 1. The minimum absolute atomic E-state index is 0.0544. The van der Waals surface area contributed by atoms with Crippen molar-refractivity contribution in [3.63, 3.8) is 0 Å². The number of rotatable bonds is 4. The van der Waals surface area contributed by atoms with Gasteiger partial charge in [-0.2, -0.15) is 0 Å². The third-order valence-corrected chi connectivity index (χ3v) is 6.03. The highest BCUT2D eigenvalue weighted by atomic mass is 16.5. The number of ether oxygens (including phenoxy) is 2. The van der Waals surface area contributed by atoms with Crippen molar-refractivity contribution in [3.05, 3.63) is 52.8 Å². The average molecular weight is 394 g/mol. The van der Waals surface area contributed by atoms with Crippen LogP contribution >= 0.6 is 0 Å². The van der Waals surface area contributed by atoms with Crippen LogP contribution in [-0.2, 0) is 7.05 Å². The molecule has 2 aromatic carbocycles. The molecule has 3 aromatic rings. The van der Waals surface area contributed by atoms with Crippen molar-refractivity contribution < 1.29 is 9.47 Å². The number of aryl methyl sites for hydroxylation is 1. The Labute approximate surface area is 170 Å². The molecule has 0 bridgehead atoms. The van der Waals surface area contributed by atoms with Crippen LogP contribution in [0.3, 0.4) is 0 Å². The molecule has 4 rings (SSSR count). The van der Waals surface area contributed by atoms with E-state index in [0.29, 0.717) is 10.0 Å². The van der Waals surface area contributed by atoms with Gasteiger partial charge in [0.1, 0.15) is 22.6 Å². The molecule has 1 aliphatic rings. The average Bonchev–Trinajstić information content (AvgIpc) is 2.76. The molecule has 1 saturated heterocycles. The first-order valence-electron chi connectivity index (χ1n) is 9.88. The van der Waals surface area contributed by atoms with E-state index in [4.69, 9.17) is 9.47 Å². The van der Waals surface area contributed by atoms with Gasteiger partial charge in [0.2, 0.25) is 5.43 Å². The summed E-state index contributed by atoms with van der Waals surface area (Å²) < 4.78 is 13.6. The Kier molecular flexibility index (Phi) is 5.06. The number of quaternary nitrogens is 1. The molecule has 0 atom stereocenters. The van der Waals surface area contributed by atoms with Crippen LogP contribution in [0.25, 0.3) is 22.0 Å². The number of likely N-dealkylation sites (N-methyl/N-ethyl adjacent to an activating group) is 1. The molecule has 1 fully saturated rings. The van der Waals surface area contributed by atoms with Gasteiger partial charge in [-0.3, -0.25) is 9.28 Å². The van der Waals surface area contributed by atoms with E-state index in [2.05, 4.69) is 12.4 Å². The van der Waals surface area contributed by atoms with Crippen molar-refractivity contribution in [1.82, 2.24) is 14.4 Å². The molecule has 0 saturated carbocycles. The maximum absolute atomic E-state index is 13.7. The van der Waals surface area contributed by atoms with Crippen molar-refractivity contribution in [2.24, 2.45) is 7.05 Å². The number of nitrogens with zero attached hydrogens (tertiary/aromatic N) is 2. The van der Waals surface area contributed by atoms with Crippen LogP contribution in [0, 0.1) is 0 Å². The normalized spacial score (nSPS) is 16.0. The SMILES string of the molecule is COc1ccc(-c2cn(C)c3cc(OC)cc([N+]4(C)CCNCC4)c3c2=O)cc1. The van der Waals surface area contributed by atoms with Crippen LogP contribution < -0.4 is 24.7 Å².